The van der Waals surface area contributed by atoms with E-state index >= 15 is 0 Å². The quantitative estimate of drug-likeness (QED) is 0.505. The first-order valence-corrected chi connectivity index (χ1v) is 11.3. The van der Waals surface area contributed by atoms with E-state index in [0.717, 1.165) is 22.4 Å². The van der Waals surface area contributed by atoms with Crippen LogP contribution in [0.4, 0.5) is 5.69 Å². The van der Waals surface area contributed by atoms with E-state index in [4.69, 9.17) is 0 Å². The van der Waals surface area contributed by atoms with Crippen LogP contribution in [0, 0.1) is 5.41 Å². The van der Waals surface area contributed by atoms with Gasteiger partial charge >= 0.3 is 0 Å². The molecule has 2 aromatic rings. The molecule has 0 atom stereocenters. The van der Waals surface area contributed by atoms with Gasteiger partial charge < -0.3 is 10.2 Å². The summed E-state index contributed by atoms with van der Waals surface area (Å²) < 4.78 is 0. The van der Waals surface area contributed by atoms with Crippen molar-refractivity contribution < 1.29 is 9.59 Å². The molecule has 4 heteroatoms. The summed E-state index contributed by atoms with van der Waals surface area (Å²) in [6, 6.07) is 16.0. The summed E-state index contributed by atoms with van der Waals surface area (Å²) in [6.45, 7) is 16.4. The van der Waals surface area contributed by atoms with E-state index < -0.39 is 5.41 Å². The van der Waals surface area contributed by atoms with Crippen molar-refractivity contribution in [3.8, 4) is 0 Å². The molecule has 4 nitrogen and oxygen atoms in total. The number of benzene rings is 2. The number of para-hydroxylation sites is 1. The standard InChI is InChI=1S/C27H38N2O2/c1-18(2)22-15-12-16-23(19(3)4)24(22)28-25(30)27(7,8)26(31)29(20(5)6)17-21-13-10-9-11-14-21/h9-16,18-20H,17H2,1-8H3,(H,28,30). The number of nitrogens with zero attached hydrogens (tertiary/aromatic N) is 1. The summed E-state index contributed by atoms with van der Waals surface area (Å²) >= 11 is 0. The van der Waals surface area contributed by atoms with Gasteiger partial charge in [-0.25, -0.2) is 0 Å². The summed E-state index contributed by atoms with van der Waals surface area (Å²) in [5, 5.41) is 3.13. The Morgan fingerprint density at radius 1 is 0.839 bits per heavy atom. The maximum Gasteiger partial charge on any atom is 0.239 e. The van der Waals surface area contributed by atoms with Gasteiger partial charge in [0, 0.05) is 18.3 Å². The molecule has 0 saturated carbocycles. The van der Waals surface area contributed by atoms with Crippen LogP contribution in [0.1, 0.15) is 83.9 Å². The molecule has 168 valence electrons. The Balaban J connectivity index is 2.34. The molecule has 2 amide bonds. The Hall–Kier alpha value is -2.62. The van der Waals surface area contributed by atoms with Crippen LogP contribution < -0.4 is 5.32 Å². The minimum atomic E-state index is -1.20. The average molecular weight is 423 g/mol. The molecule has 0 radical (unpaired) electrons. The number of amides is 2. The van der Waals surface area contributed by atoms with Crippen LogP contribution in [0.5, 0.6) is 0 Å². The summed E-state index contributed by atoms with van der Waals surface area (Å²) in [4.78, 5) is 28.8. The maximum absolute atomic E-state index is 13.5. The van der Waals surface area contributed by atoms with Crippen LogP contribution in [-0.2, 0) is 16.1 Å². The van der Waals surface area contributed by atoms with E-state index in [1.54, 1.807) is 18.7 Å². The zero-order valence-electron chi connectivity index (χ0n) is 20.3. The van der Waals surface area contributed by atoms with Crippen molar-refractivity contribution in [2.24, 2.45) is 5.41 Å². The van der Waals surface area contributed by atoms with Crippen LogP contribution >= 0.6 is 0 Å². The molecule has 0 aliphatic heterocycles. The normalized spacial score (nSPS) is 11.8. The minimum absolute atomic E-state index is 0.0195. The van der Waals surface area contributed by atoms with E-state index in [1.165, 1.54) is 0 Å². The van der Waals surface area contributed by atoms with Crippen molar-refractivity contribution in [3.63, 3.8) is 0 Å². The lowest BCUT2D eigenvalue weighted by atomic mass is 9.87. The summed E-state index contributed by atoms with van der Waals surface area (Å²) in [5.74, 6) is 0.0827. The highest BCUT2D eigenvalue weighted by Crippen LogP contribution is 2.34. The summed E-state index contributed by atoms with van der Waals surface area (Å²) in [5.41, 5.74) is 2.88. The number of hydrogen-bond donors (Lipinski definition) is 1. The first kappa shape index (κ1) is 24.6. The van der Waals surface area contributed by atoms with E-state index in [-0.39, 0.29) is 29.7 Å². The van der Waals surface area contributed by atoms with E-state index in [1.807, 2.05) is 50.2 Å². The number of hydrogen-bond acceptors (Lipinski definition) is 2. The molecule has 0 spiro atoms. The Morgan fingerprint density at radius 2 is 1.35 bits per heavy atom. The van der Waals surface area contributed by atoms with E-state index in [9.17, 15) is 9.59 Å². The molecule has 0 heterocycles. The van der Waals surface area contributed by atoms with Gasteiger partial charge in [-0.1, -0.05) is 76.2 Å². The fourth-order valence-electron chi connectivity index (χ4n) is 3.69. The maximum atomic E-state index is 13.5. The molecular formula is C27H38N2O2. The fraction of sp³-hybridized carbons (Fsp3) is 0.481. The largest absolute Gasteiger partial charge is 0.335 e. The smallest absolute Gasteiger partial charge is 0.239 e. The fourth-order valence-corrected chi connectivity index (χ4v) is 3.69. The zero-order chi connectivity index (χ0) is 23.3. The van der Waals surface area contributed by atoms with Gasteiger partial charge in [-0.3, -0.25) is 9.59 Å². The molecule has 0 unspecified atom stereocenters. The lowest BCUT2D eigenvalue weighted by Crippen LogP contribution is -2.49. The van der Waals surface area contributed by atoms with Gasteiger partial charge in [-0.05, 0) is 56.2 Å². The lowest BCUT2D eigenvalue weighted by Gasteiger charge is -2.34. The number of carbonyl (C=O) groups is 2. The second-order valence-corrected chi connectivity index (χ2v) is 9.71. The van der Waals surface area contributed by atoms with Crippen LogP contribution in [-0.4, -0.2) is 22.8 Å². The molecule has 2 rings (SSSR count). The SMILES string of the molecule is CC(C)c1cccc(C(C)C)c1NC(=O)C(C)(C)C(=O)N(Cc1ccccc1)C(C)C. The third-order valence-corrected chi connectivity index (χ3v) is 5.79. The molecule has 1 N–H and O–H groups in total. The Labute approximate surface area is 188 Å². The molecule has 2 aromatic carbocycles. The zero-order valence-corrected chi connectivity index (χ0v) is 20.3. The molecule has 0 aliphatic rings. The lowest BCUT2D eigenvalue weighted by molar-refractivity contribution is -0.148. The molecule has 0 saturated heterocycles. The van der Waals surface area contributed by atoms with E-state index in [0.29, 0.717) is 6.54 Å². The molecule has 31 heavy (non-hydrogen) atoms. The Morgan fingerprint density at radius 3 is 1.81 bits per heavy atom. The van der Waals surface area contributed by atoms with Crippen molar-refractivity contribution in [1.29, 1.82) is 0 Å². The summed E-state index contributed by atoms with van der Waals surface area (Å²) in [6.07, 6.45) is 0. The molecule has 0 aromatic heterocycles. The first-order valence-electron chi connectivity index (χ1n) is 11.3. The number of anilines is 1. The highest BCUT2D eigenvalue weighted by atomic mass is 16.2. The third-order valence-electron chi connectivity index (χ3n) is 5.79. The molecule has 0 bridgehead atoms. The third kappa shape index (κ3) is 5.75. The number of carbonyl (C=O) groups excluding carboxylic acids is 2. The van der Waals surface area contributed by atoms with Crippen LogP contribution in [0.3, 0.4) is 0 Å². The van der Waals surface area contributed by atoms with Gasteiger partial charge in [0.05, 0.1) is 0 Å². The molecule has 0 fully saturated rings. The van der Waals surface area contributed by atoms with Crippen molar-refractivity contribution in [3.05, 3.63) is 65.2 Å². The van der Waals surface area contributed by atoms with Crippen LogP contribution in [0.15, 0.2) is 48.5 Å². The van der Waals surface area contributed by atoms with Gasteiger partial charge in [0.25, 0.3) is 0 Å². The van der Waals surface area contributed by atoms with Gasteiger partial charge in [-0.15, -0.1) is 0 Å². The predicted molar refractivity (Wildman–Crippen MR) is 129 cm³/mol. The summed E-state index contributed by atoms with van der Waals surface area (Å²) in [7, 11) is 0. The van der Waals surface area contributed by atoms with Gasteiger partial charge in [0.1, 0.15) is 5.41 Å². The van der Waals surface area contributed by atoms with Crippen molar-refractivity contribution in [2.75, 3.05) is 5.32 Å². The minimum Gasteiger partial charge on any atom is -0.335 e. The van der Waals surface area contributed by atoms with E-state index in [2.05, 4.69) is 45.1 Å². The molecular weight excluding hydrogens is 384 g/mol. The van der Waals surface area contributed by atoms with Crippen molar-refractivity contribution in [1.82, 2.24) is 4.90 Å². The average Bonchev–Trinajstić information content (AvgIpc) is 2.71. The topological polar surface area (TPSA) is 49.4 Å². The van der Waals surface area contributed by atoms with Gasteiger partial charge in [-0.2, -0.15) is 0 Å². The Kier molecular flexibility index (Phi) is 8.05. The second kappa shape index (κ2) is 10.1. The van der Waals surface area contributed by atoms with Crippen molar-refractivity contribution >= 4 is 17.5 Å². The number of nitrogens with one attached hydrogen (secondary N) is 1. The monoisotopic (exact) mass is 422 g/mol. The molecule has 0 aliphatic carbocycles. The number of rotatable bonds is 8. The van der Waals surface area contributed by atoms with Crippen molar-refractivity contribution in [2.45, 2.75) is 79.8 Å². The van der Waals surface area contributed by atoms with Crippen LogP contribution in [0.2, 0.25) is 0 Å². The predicted octanol–water partition coefficient (Wildman–Crippen LogP) is 6.34. The highest BCUT2D eigenvalue weighted by molar-refractivity contribution is 6.10. The van der Waals surface area contributed by atoms with Crippen LogP contribution in [0.25, 0.3) is 0 Å². The second-order valence-electron chi connectivity index (χ2n) is 9.71. The first-order chi connectivity index (χ1) is 14.5. The highest BCUT2D eigenvalue weighted by Gasteiger charge is 2.40. The van der Waals surface area contributed by atoms with Gasteiger partial charge in [0.2, 0.25) is 11.8 Å². The van der Waals surface area contributed by atoms with Gasteiger partial charge in [0.15, 0.2) is 0 Å². The Bertz CT molecular complexity index is 872.